The van der Waals surface area contributed by atoms with Gasteiger partial charge in [-0.25, -0.2) is 0 Å². The van der Waals surface area contributed by atoms with Gasteiger partial charge in [0.15, 0.2) is 11.5 Å². The quantitative estimate of drug-likeness (QED) is 0.848. The fourth-order valence-corrected chi connectivity index (χ4v) is 1.97. The molecule has 0 heterocycles. The van der Waals surface area contributed by atoms with Crippen molar-refractivity contribution in [1.29, 1.82) is 0 Å². The number of ether oxygens (including phenoxy) is 2. The third-order valence-corrected chi connectivity index (χ3v) is 3.07. The topological polar surface area (TPSA) is 64.7 Å². The first-order valence-corrected chi connectivity index (χ1v) is 6.63. The maximum Gasteiger partial charge on any atom is 0.422 e. The maximum atomic E-state index is 13.2. The standard InChI is InChI=1S/C14H20F3NO3/c1-4-20-11-7-6-10(8-12(11)21-5-2)13(19,9(3)18)14(15,16)17/h6-9,19H,4-5,18H2,1-3H3. The van der Waals surface area contributed by atoms with Crippen molar-refractivity contribution in [3.8, 4) is 11.5 Å². The van der Waals surface area contributed by atoms with E-state index in [0.29, 0.717) is 12.4 Å². The fourth-order valence-electron chi connectivity index (χ4n) is 1.97. The molecule has 0 amide bonds. The Morgan fingerprint density at radius 1 is 1.14 bits per heavy atom. The molecule has 0 saturated heterocycles. The summed E-state index contributed by atoms with van der Waals surface area (Å²) in [4.78, 5) is 0. The zero-order chi connectivity index (χ0) is 16.3. The van der Waals surface area contributed by atoms with Crippen LogP contribution in [0, 0.1) is 0 Å². The second kappa shape index (κ2) is 6.53. The van der Waals surface area contributed by atoms with E-state index < -0.39 is 17.8 Å². The van der Waals surface area contributed by atoms with Gasteiger partial charge in [0.05, 0.1) is 13.2 Å². The van der Waals surface area contributed by atoms with E-state index in [9.17, 15) is 18.3 Å². The van der Waals surface area contributed by atoms with Gasteiger partial charge in [-0.1, -0.05) is 6.07 Å². The molecule has 1 aromatic rings. The summed E-state index contributed by atoms with van der Waals surface area (Å²) in [7, 11) is 0. The molecule has 0 aliphatic rings. The summed E-state index contributed by atoms with van der Waals surface area (Å²) in [5, 5.41) is 10.1. The van der Waals surface area contributed by atoms with Crippen molar-refractivity contribution in [2.75, 3.05) is 13.2 Å². The summed E-state index contributed by atoms with van der Waals surface area (Å²) < 4.78 is 50.2. The van der Waals surface area contributed by atoms with Gasteiger partial charge in [0.1, 0.15) is 0 Å². The van der Waals surface area contributed by atoms with E-state index in [-0.39, 0.29) is 17.9 Å². The Morgan fingerprint density at radius 2 is 1.67 bits per heavy atom. The molecule has 2 atom stereocenters. The van der Waals surface area contributed by atoms with Crippen LogP contribution in [0.4, 0.5) is 13.2 Å². The minimum absolute atomic E-state index is 0.139. The number of hydrogen-bond donors (Lipinski definition) is 2. The van der Waals surface area contributed by atoms with Gasteiger partial charge in [-0.05, 0) is 38.5 Å². The molecule has 21 heavy (non-hydrogen) atoms. The lowest BCUT2D eigenvalue weighted by molar-refractivity contribution is -0.272. The molecule has 120 valence electrons. The molecule has 0 aromatic heterocycles. The van der Waals surface area contributed by atoms with Crippen LogP contribution in [0.5, 0.6) is 11.5 Å². The highest BCUT2D eigenvalue weighted by atomic mass is 19.4. The summed E-state index contributed by atoms with van der Waals surface area (Å²) in [5.74, 6) is 0.456. The predicted molar refractivity (Wildman–Crippen MR) is 72.4 cm³/mol. The number of aliphatic hydroxyl groups is 1. The Labute approximate surface area is 121 Å². The predicted octanol–water partition coefficient (Wildman–Crippen LogP) is 2.58. The van der Waals surface area contributed by atoms with Crippen LogP contribution >= 0.6 is 0 Å². The lowest BCUT2D eigenvalue weighted by Gasteiger charge is -2.34. The average molecular weight is 307 g/mol. The molecule has 1 aromatic carbocycles. The highest BCUT2D eigenvalue weighted by Crippen LogP contribution is 2.43. The molecule has 0 radical (unpaired) electrons. The summed E-state index contributed by atoms with van der Waals surface area (Å²) in [6.45, 7) is 5.15. The molecule has 0 aliphatic heterocycles. The number of benzene rings is 1. The van der Waals surface area contributed by atoms with E-state index in [0.717, 1.165) is 19.1 Å². The highest BCUT2D eigenvalue weighted by Gasteiger charge is 2.57. The smallest absolute Gasteiger partial charge is 0.422 e. The van der Waals surface area contributed by atoms with Crippen molar-refractivity contribution in [2.24, 2.45) is 5.73 Å². The van der Waals surface area contributed by atoms with Crippen molar-refractivity contribution in [1.82, 2.24) is 0 Å². The Hall–Kier alpha value is -1.47. The van der Waals surface area contributed by atoms with Gasteiger partial charge < -0.3 is 20.3 Å². The Kier molecular flexibility index (Phi) is 5.47. The molecule has 7 heteroatoms. The van der Waals surface area contributed by atoms with Crippen molar-refractivity contribution in [2.45, 2.75) is 38.6 Å². The monoisotopic (exact) mass is 307 g/mol. The Balaban J connectivity index is 3.37. The normalized spacial score (nSPS) is 16.2. The van der Waals surface area contributed by atoms with Crippen LogP contribution in [0.1, 0.15) is 26.3 Å². The van der Waals surface area contributed by atoms with E-state index in [1.165, 1.54) is 6.07 Å². The van der Waals surface area contributed by atoms with E-state index >= 15 is 0 Å². The minimum Gasteiger partial charge on any atom is -0.490 e. The number of halogens is 3. The second-order valence-corrected chi connectivity index (χ2v) is 4.58. The maximum absolute atomic E-state index is 13.2. The molecule has 0 bridgehead atoms. The Bertz CT molecular complexity index is 477. The van der Waals surface area contributed by atoms with Crippen LogP contribution < -0.4 is 15.2 Å². The first kappa shape index (κ1) is 17.6. The zero-order valence-corrected chi connectivity index (χ0v) is 12.2. The highest BCUT2D eigenvalue weighted by molar-refractivity contribution is 5.45. The van der Waals surface area contributed by atoms with Crippen LogP contribution in [-0.4, -0.2) is 30.5 Å². The van der Waals surface area contributed by atoms with Crippen molar-refractivity contribution in [3.63, 3.8) is 0 Å². The number of alkyl halides is 3. The molecular weight excluding hydrogens is 287 g/mol. The second-order valence-electron chi connectivity index (χ2n) is 4.58. The molecule has 0 saturated carbocycles. The van der Waals surface area contributed by atoms with Crippen LogP contribution in [0.15, 0.2) is 18.2 Å². The molecule has 4 nitrogen and oxygen atoms in total. The van der Waals surface area contributed by atoms with Crippen LogP contribution in [0.3, 0.4) is 0 Å². The SMILES string of the molecule is CCOc1ccc(C(O)(C(C)N)C(F)(F)F)cc1OCC. The first-order chi connectivity index (χ1) is 9.68. The summed E-state index contributed by atoms with van der Waals surface area (Å²) in [5.41, 5.74) is 1.84. The van der Waals surface area contributed by atoms with Gasteiger partial charge in [0, 0.05) is 6.04 Å². The van der Waals surface area contributed by atoms with Gasteiger partial charge in [0.25, 0.3) is 0 Å². The molecule has 3 N–H and O–H groups in total. The van der Waals surface area contributed by atoms with E-state index in [2.05, 4.69) is 0 Å². The van der Waals surface area contributed by atoms with Crippen molar-refractivity contribution in [3.05, 3.63) is 23.8 Å². The minimum atomic E-state index is -4.90. The summed E-state index contributed by atoms with van der Waals surface area (Å²) in [6.07, 6.45) is -4.90. The van der Waals surface area contributed by atoms with Crippen LogP contribution in [0.2, 0.25) is 0 Å². The van der Waals surface area contributed by atoms with Crippen molar-refractivity contribution >= 4 is 0 Å². The molecule has 0 aliphatic carbocycles. The van der Waals surface area contributed by atoms with Gasteiger partial charge in [-0.15, -0.1) is 0 Å². The average Bonchev–Trinajstić information content (AvgIpc) is 2.38. The van der Waals surface area contributed by atoms with Crippen LogP contribution in [-0.2, 0) is 5.60 Å². The van der Waals surface area contributed by atoms with E-state index in [1.807, 2.05) is 0 Å². The lowest BCUT2D eigenvalue weighted by atomic mass is 9.86. The Morgan fingerprint density at radius 3 is 2.10 bits per heavy atom. The lowest BCUT2D eigenvalue weighted by Crippen LogP contribution is -2.54. The fraction of sp³-hybridized carbons (Fsp3) is 0.571. The molecule has 0 spiro atoms. The first-order valence-electron chi connectivity index (χ1n) is 6.63. The number of hydrogen-bond acceptors (Lipinski definition) is 4. The third-order valence-electron chi connectivity index (χ3n) is 3.07. The summed E-state index contributed by atoms with van der Waals surface area (Å²) in [6, 6.07) is 2.06. The molecule has 2 unspecified atom stereocenters. The van der Waals surface area contributed by atoms with Gasteiger partial charge in [0.2, 0.25) is 5.60 Å². The van der Waals surface area contributed by atoms with E-state index in [4.69, 9.17) is 15.2 Å². The number of nitrogens with two attached hydrogens (primary N) is 1. The molecule has 1 rings (SSSR count). The van der Waals surface area contributed by atoms with Gasteiger partial charge >= 0.3 is 6.18 Å². The zero-order valence-electron chi connectivity index (χ0n) is 12.2. The van der Waals surface area contributed by atoms with Crippen molar-refractivity contribution < 1.29 is 27.8 Å². The summed E-state index contributed by atoms with van der Waals surface area (Å²) >= 11 is 0. The third kappa shape index (κ3) is 3.41. The molecular formula is C14H20F3NO3. The van der Waals surface area contributed by atoms with Crippen LogP contribution in [0.25, 0.3) is 0 Å². The van der Waals surface area contributed by atoms with Gasteiger partial charge in [-0.2, -0.15) is 13.2 Å². The van der Waals surface area contributed by atoms with E-state index in [1.54, 1.807) is 13.8 Å². The van der Waals surface area contributed by atoms with Gasteiger partial charge in [-0.3, -0.25) is 0 Å². The molecule has 0 fully saturated rings. The largest absolute Gasteiger partial charge is 0.490 e. The number of rotatable bonds is 6.